The normalized spacial score (nSPS) is 10.4. The number of hydrogen-bond acceptors (Lipinski definition) is 3. The molecule has 0 unspecified atom stereocenters. The van der Waals surface area contributed by atoms with Gasteiger partial charge in [0.05, 0.1) is 0 Å². The molecule has 3 heteroatoms. The van der Waals surface area contributed by atoms with Gasteiger partial charge in [-0.1, -0.05) is 36.4 Å². The summed E-state index contributed by atoms with van der Waals surface area (Å²) in [4.78, 5) is 0. The molecule has 3 aromatic carbocycles. The standard InChI is InChI=1S/C20H21N3/c21-18-7-1-15(2-8-18)13-16-5-11-20(12-6-16)23-14-17-3-9-19(22)10-4-17/h1-12,23H,13-14,21-22H2. The molecule has 0 radical (unpaired) electrons. The molecule has 23 heavy (non-hydrogen) atoms. The zero-order chi connectivity index (χ0) is 16.1. The highest BCUT2D eigenvalue weighted by atomic mass is 14.9. The fourth-order valence-electron chi connectivity index (χ4n) is 2.45. The minimum absolute atomic E-state index is 0.789. The molecule has 0 bridgehead atoms. The summed E-state index contributed by atoms with van der Waals surface area (Å²) in [6.07, 6.45) is 0.915. The number of nitrogens with one attached hydrogen (secondary N) is 1. The fraction of sp³-hybridized carbons (Fsp3) is 0.100. The average molecular weight is 303 g/mol. The van der Waals surface area contributed by atoms with Crippen LogP contribution in [0.4, 0.5) is 17.1 Å². The summed E-state index contributed by atoms with van der Waals surface area (Å²) in [5, 5.41) is 3.42. The van der Waals surface area contributed by atoms with Crippen molar-refractivity contribution in [3.05, 3.63) is 89.5 Å². The van der Waals surface area contributed by atoms with Gasteiger partial charge in [-0.05, 0) is 59.5 Å². The second-order valence-electron chi connectivity index (χ2n) is 5.71. The van der Waals surface area contributed by atoms with E-state index in [4.69, 9.17) is 11.5 Å². The van der Waals surface area contributed by atoms with Crippen LogP contribution in [0.5, 0.6) is 0 Å². The molecule has 0 aromatic heterocycles. The lowest BCUT2D eigenvalue weighted by Gasteiger charge is -2.08. The highest BCUT2D eigenvalue weighted by Gasteiger charge is 1.98. The smallest absolute Gasteiger partial charge is 0.0400 e. The van der Waals surface area contributed by atoms with E-state index in [-0.39, 0.29) is 0 Å². The van der Waals surface area contributed by atoms with Crippen molar-refractivity contribution in [2.75, 3.05) is 16.8 Å². The van der Waals surface area contributed by atoms with Crippen molar-refractivity contribution < 1.29 is 0 Å². The third kappa shape index (κ3) is 4.27. The Morgan fingerprint density at radius 3 is 1.52 bits per heavy atom. The predicted molar refractivity (Wildman–Crippen MR) is 98.3 cm³/mol. The molecule has 0 atom stereocenters. The summed E-state index contributed by atoms with van der Waals surface area (Å²) in [6.45, 7) is 0.789. The Morgan fingerprint density at radius 1 is 0.565 bits per heavy atom. The van der Waals surface area contributed by atoms with Crippen molar-refractivity contribution in [3.8, 4) is 0 Å². The van der Waals surface area contributed by atoms with Crippen molar-refractivity contribution >= 4 is 17.1 Å². The molecule has 5 N–H and O–H groups in total. The van der Waals surface area contributed by atoms with E-state index in [9.17, 15) is 0 Å². The molecule has 3 aromatic rings. The minimum atomic E-state index is 0.789. The van der Waals surface area contributed by atoms with Crippen LogP contribution in [-0.2, 0) is 13.0 Å². The van der Waals surface area contributed by atoms with Crippen LogP contribution in [-0.4, -0.2) is 0 Å². The summed E-state index contributed by atoms with van der Waals surface area (Å²) < 4.78 is 0. The van der Waals surface area contributed by atoms with Crippen LogP contribution < -0.4 is 16.8 Å². The van der Waals surface area contributed by atoms with Gasteiger partial charge in [0, 0.05) is 23.6 Å². The Bertz CT molecular complexity index is 744. The van der Waals surface area contributed by atoms with E-state index < -0.39 is 0 Å². The molecule has 3 nitrogen and oxygen atoms in total. The van der Waals surface area contributed by atoms with Crippen LogP contribution in [0.15, 0.2) is 72.8 Å². The van der Waals surface area contributed by atoms with Crippen molar-refractivity contribution in [3.63, 3.8) is 0 Å². The van der Waals surface area contributed by atoms with E-state index in [0.717, 1.165) is 30.0 Å². The van der Waals surface area contributed by atoms with E-state index in [1.807, 2.05) is 36.4 Å². The van der Waals surface area contributed by atoms with Gasteiger partial charge >= 0.3 is 0 Å². The molecule has 0 spiro atoms. The largest absolute Gasteiger partial charge is 0.399 e. The first-order valence-electron chi connectivity index (χ1n) is 7.71. The third-order valence-electron chi connectivity index (χ3n) is 3.82. The zero-order valence-electron chi connectivity index (χ0n) is 13.0. The molecule has 0 aliphatic rings. The lowest BCUT2D eigenvalue weighted by atomic mass is 10.0. The predicted octanol–water partition coefficient (Wildman–Crippen LogP) is 4.05. The van der Waals surface area contributed by atoms with Crippen LogP contribution in [0, 0.1) is 0 Å². The average Bonchev–Trinajstić information content (AvgIpc) is 2.58. The Morgan fingerprint density at radius 2 is 1.00 bits per heavy atom. The summed E-state index contributed by atoms with van der Waals surface area (Å²) in [5.41, 5.74) is 17.9. The Hall–Kier alpha value is -2.94. The Balaban J connectivity index is 1.58. The molecular weight excluding hydrogens is 282 g/mol. The van der Waals surface area contributed by atoms with Crippen molar-refractivity contribution in [1.82, 2.24) is 0 Å². The van der Waals surface area contributed by atoms with E-state index in [1.54, 1.807) is 0 Å². The number of anilines is 3. The van der Waals surface area contributed by atoms with Crippen LogP contribution in [0.25, 0.3) is 0 Å². The SMILES string of the molecule is Nc1ccc(CNc2ccc(Cc3ccc(N)cc3)cc2)cc1. The number of nitrogens with two attached hydrogens (primary N) is 2. The number of hydrogen-bond donors (Lipinski definition) is 3. The first-order valence-corrected chi connectivity index (χ1v) is 7.71. The highest BCUT2D eigenvalue weighted by Crippen LogP contribution is 2.16. The maximum absolute atomic E-state index is 5.71. The highest BCUT2D eigenvalue weighted by molar-refractivity contribution is 5.47. The lowest BCUT2D eigenvalue weighted by molar-refractivity contribution is 1.14. The van der Waals surface area contributed by atoms with Crippen LogP contribution in [0.3, 0.4) is 0 Å². The van der Waals surface area contributed by atoms with Gasteiger partial charge in [-0.2, -0.15) is 0 Å². The second-order valence-corrected chi connectivity index (χ2v) is 5.71. The maximum Gasteiger partial charge on any atom is 0.0400 e. The molecule has 0 aliphatic heterocycles. The number of benzene rings is 3. The molecular formula is C20H21N3. The fourth-order valence-corrected chi connectivity index (χ4v) is 2.45. The molecule has 0 fully saturated rings. The van der Waals surface area contributed by atoms with Crippen molar-refractivity contribution in [2.24, 2.45) is 0 Å². The molecule has 3 rings (SSSR count). The van der Waals surface area contributed by atoms with Gasteiger partial charge in [0.1, 0.15) is 0 Å². The monoisotopic (exact) mass is 303 g/mol. The molecule has 0 saturated heterocycles. The first kappa shape index (κ1) is 15.0. The summed E-state index contributed by atoms with van der Waals surface area (Å²) in [5.74, 6) is 0. The van der Waals surface area contributed by atoms with Crippen LogP contribution in [0.1, 0.15) is 16.7 Å². The van der Waals surface area contributed by atoms with Gasteiger partial charge in [0.15, 0.2) is 0 Å². The third-order valence-corrected chi connectivity index (χ3v) is 3.82. The molecule has 0 saturated carbocycles. The summed E-state index contributed by atoms with van der Waals surface area (Å²) >= 11 is 0. The van der Waals surface area contributed by atoms with E-state index >= 15 is 0 Å². The quantitative estimate of drug-likeness (QED) is 0.623. The van der Waals surface area contributed by atoms with Crippen molar-refractivity contribution in [1.29, 1.82) is 0 Å². The van der Waals surface area contributed by atoms with Crippen LogP contribution in [0.2, 0.25) is 0 Å². The molecule has 0 heterocycles. The van der Waals surface area contributed by atoms with E-state index in [2.05, 4.69) is 41.7 Å². The molecule has 116 valence electrons. The second kappa shape index (κ2) is 6.88. The minimum Gasteiger partial charge on any atom is -0.399 e. The summed E-state index contributed by atoms with van der Waals surface area (Å²) in [6, 6.07) is 24.5. The Labute approximate surface area is 137 Å². The zero-order valence-corrected chi connectivity index (χ0v) is 13.0. The first-order chi connectivity index (χ1) is 11.2. The van der Waals surface area contributed by atoms with E-state index in [0.29, 0.717) is 0 Å². The Kier molecular flexibility index (Phi) is 4.48. The van der Waals surface area contributed by atoms with E-state index in [1.165, 1.54) is 16.7 Å². The van der Waals surface area contributed by atoms with Gasteiger partial charge in [-0.25, -0.2) is 0 Å². The van der Waals surface area contributed by atoms with Crippen molar-refractivity contribution in [2.45, 2.75) is 13.0 Å². The topological polar surface area (TPSA) is 64.1 Å². The van der Waals surface area contributed by atoms with Gasteiger partial charge < -0.3 is 16.8 Å². The summed E-state index contributed by atoms with van der Waals surface area (Å²) in [7, 11) is 0. The van der Waals surface area contributed by atoms with Crippen LogP contribution >= 0.6 is 0 Å². The number of rotatable bonds is 5. The number of nitrogen functional groups attached to an aromatic ring is 2. The van der Waals surface area contributed by atoms with Gasteiger partial charge in [-0.15, -0.1) is 0 Å². The maximum atomic E-state index is 5.71. The lowest BCUT2D eigenvalue weighted by Crippen LogP contribution is -1.99. The molecule has 0 amide bonds. The van der Waals surface area contributed by atoms with Gasteiger partial charge in [-0.3, -0.25) is 0 Å². The molecule has 0 aliphatic carbocycles. The van der Waals surface area contributed by atoms with Gasteiger partial charge in [0.25, 0.3) is 0 Å². The van der Waals surface area contributed by atoms with Gasteiger partial charge in [0.2, 0.25) is 0 Å².